The van der Waals surface area contributed by atoms with Crippen molar-refractivity contribution in [2.24, 2.45) is 0 Å². The summed E-state index contributed by atoms with van der Waals surface area (Å²) in [6.45, 7) is 7.48. The van der Waals surface area contributed by atoms with E-state index in [1.165, 1.54) is 0 Å². The molecule has 1 amide bonds. The number of imidazole rings is 1. The third-order valence-electron chi connectivity index (χ3n) is 4.67. The van der Waals surface area contributed by atoms with Crippen molar-refractivity contribution in [1.29, 1.82) is 0 Å². The Labute approximate surface area is 147 Å². The van der Waals surface area contributed by atoms with Crippen LogP contribution < -0.4 is 4.90 Å². The number of rotatable bonds is 4. The third kappa shape index (κ3) is 2.84. The fourth-order valence-electron chi connectivity index (χ4n) is 3.58. The minimum atomic E-state index is 0.0967. The van der Waals surface area contributed by atoms with Crippen molar-refractivity contribution in [3.63, 3.8) is 0 Å². The molecule has 0 bridgehead atoms. The van der Waals surface area contributed by atoms with Gasteiger partial charge >= 0.3 is 0 Å². The average molecular weight is 331 g/mol. The highest BCUT2D eigenvalue weighted by molar-refractivity contribution is 5.96. The number of carbonyl (C=O) groups excluding carboxylic acids is 1. The smallest absolute Gasteiger partial charge is 0.227 e. The summed E-state index contributed by atoms with van der Waals surface area (Å²) in [5, 5.41) is 0. The molecule has 1 aromatic heterocycles. The lowest BCUT2D eigenvalue weighted by molar-refractivity contribution is -0.117. The molecule has 1 aliphatic heterocycles. The second-order valence-electron chi connectivity index (χ2n) is 6.74. The van der Waals surface area contributed by atoms with Crippen LogP contribution in [0.25, 0.3) is 11.0 Å². The molecule has 2 heterocycles. The van der Waals surface area contributed by atoms with E-state index in [-0.39, 0.29) is 11.8 Å². The number of hydrogen-bond donors (Lipinski definition) is 0. The number of para-hydroxylation sites is 3. The Hall–Kier alpha value is -2.88. The van der Waals surface area contributed by atoms with Crippen LogP contribution in [0.5, 0.6) is 0 Å². The monoisotopic (exact) mass is 331 g/mol. The lowest BCUT2D eigenvalue weighted by Crippen LogP contribution is -2.24. The molecular weight excluding hydrogens is 310 g/mol. The van der Waals surface area contributed by atoms with E-state index in [0.717, 1.165) is 34.7 Å². The number of aromatic nitrogens is 2. The molecule has 4 rings (SSSR count). The van der Waals surface area contributed by atoms with Gasteiger partial charge < -0.3 is 9.47 Å². The summed E-state index contributed by atoms with van der Waals surface area (Å²) in [6.07, 6.45) is 0.494. The van der Waals surface area contributed by atoms with Crippen LogP contribution in [0.15, 0.2) is 66.7 Å². The fraction of sp³-hybridized carbons (Fsp3) is 0.238. The van der Waals surface area contributed by atoms with Crippen LogP contribution in [0.2, 0.25) is 0 Å². The number of carbonyl (C=O) groups is 1. The molecule has 0 N–H and O–H groups in total. The Morgan fingerprint density at radius 3 is 2.64 bits per heavy atom. The maximum absolute atomic E-state index is 12.6. The Morgan fingerprint density at radius 1 is 1.16 bits per heavy atom. The first-order valence-corrected chi connectivity index (χ1v) is 8.58. The molecule has 0 aliphatic carbocycles. The summed E-state index contributed by atoms with van der Waals surface area (Å²) in [5.41, 5.74) is 4.11. The number of benzene rings is 2. The predicted molar refractivity (Wildman–Crippen MR) is 101 cm³/mol. The van der Waals surface area contributed by atoms with Crippen LogP contribution in [0, 0.1) is 0 Å². The molecule has 0 radical (unpaired) electrons. The van der Waals surface area contributed by atoms with Gasteiger partial charge in [-0.15, -0.1) is 0 Å². The van der Waals surface area contributed by atoms with Crippen molar-refractivity contribution in [2.75, 3.05) is 11.4 Å². The number of hydrogen-bond acceptors (Lipinski definition) is 2. The minimum Gasteiger partial charge on any atom is -0.324 e. The number of anilines is 1. The van der Waals surface area contributed by atoms with E-state index in [0.29, 0.717) is 13.0 Å². The summed E-state index contributed by atoms with van der Waals surface area (Å²) < 4.78 is 2.21. The summed E-state index contributed by atoms with van der Waals surface area (Å²) in [7, 11) is 0. The Bertz CT molecular complexity index is 942. The third-order valence-corrected chi connectivity index (χ3v) is 4.67. The SMILES string of the molecule is C=C(C)Cn1c([C@@H]2CC(=O)N(c3ccccc3)C2)nc2ccccc21. The second-order valence-corrected chi connectivity index (χ2v) is 6.74. The van der Waals surface area contributed by atoms with E-state index in [4.69, 9.17) is 4.98 Å². The van der Waals surface area contributed by atoms with Crippen molar-refractivity contribution in [2.45, 2.75) is 25.8 Å². The zero-order chi connectivity index (χ0) is 17.4. The van der Waals surface area contributed by atoms with Crippen LogP contribution in [-0.4, -0.2) is 22.0 Å². The zero-order valence-corrected chi connectivity index (χ0v) is 14.4. The number of fused-ring (bicyclic) bond motifs is 1. The predicted octanol–water partition coefficient (Wildman–Crippen LogP) is 4.13. The van der Waals surface area contributed by atoms with E-state index in [9.17, 15) is 4.79 Å². The summed E-state index contributed by atoms with van der Waals surface area (Å²) in [5.74, 6) is 1.24. The van der Waals surface area contributed by atoms with Gasteiger partial charge in [0.25, 0.3) is 0 Å². The molecule has 0 spiro atoms. The Kier molecular flexibility index (Phi) is 3.88. The first-order valence-electron chi connectivity index (χ1n) is 8.58. The highest BCUT2D eigenvalue weighted by Gasteiger charge is 2.34. The zero-order valence-electron chi connectivity index (χ0n) is 14.4. The highest BCUT2D eigenvalue weighted by Crippen LogP contribution is 2.33. The van der Waals surface area contributed by atoms with Gasteiger partial charge in [0.2, 0.25) is 5.91 Å². The Morgan fingerprint density at radius 2 is 1.88 bits per heavy atom. The lowest BCUT2D eigenvalue weighted by Gasteiger charge is -2.17. The van der Waals surface area contributed by atoms with Crippen molar-refractivity contribution < 1.29 is 4.79 Å². The van der Waals surface area contributed by atoms with E-state index in [2.05, 4.69) is 17.2 Å². The van der Waals surface area contributed by atoms with Gasteiger partial charge in [-0.05, 0) is 31.2 Å². The molecule has 126 valence electrons. The van der Waals surface area contributed by atoms with Gasteiger partial charge in [-0.3, -0.25) is 4.79 Å². The minimum absolute atomic E-state index is 0.0967. The van der Waals surface area contributed by atoms with Crippen molar-refractivity contribution in [3.8, 4) is 0 Å². The normalized spacial score (nSPS) is 17.4. The maximum Gasteiger partial charge on any atom is 0.227 e. The first-order chi connectivity index (χ1) is 12.1. The van der Waals surface area contributed by atoms with E-state index < -0.39 is 0 Å². The van der Waals surface area contributed by atoms with Crippen molar-refractivity contribution in [3.05, 3.63) is 72.6 Å². The number of amides is 1. The largest absolute Gasteiger partial charge is 0.324 e. The molecule has 0 saturated carbocycles. The molecule has 2 aromatic carbocycles. The van der Waals surface area contributed by atoms with E-state index in [1.807, 2.05) is 60.4 Å². The van der Waals surface area contributed by atoms with Gasteiger partial charge in [0, 0.05) is 31.1 Å². The number of nitrogens with zero attached hydrogens (tertiary/aromatic N) is 3. The lowest BCUT2D eigenvalue weighted by atomic mass is 10.1. The molecule has 1 saturated heterocycles. The van der Waals surface area contributed by atoms with Gasteiger partial charge in [-0.2, -0.15) is 0 Å². The van der Waals surface area contributed by atoms with Crippen LogP contribution >= 0.6 is 0 Å². The maximum atomic E-state index is 12.6. The highest BCUT2D eigenvalue weighted by atomic mass is 16.2. The fourth-order valence-corrected chi connectivity index (χ4v) is 3.58. The molecule has 1 atom stereocenters. The summed E-state index contributed by atoms with van der Waals surface area (Å²) >= 11 is 0. The molecule has 1 fully saturated rings. The molecule has 4 heteroatoms. The van der Waals surface area contributed by atoms with E-state index in [1.54, 1.807) is 0 Å². The molecule has 0 unspecified atom stereocenters. The molecular formula is C21H21N3O. The van der Waals surface area contributed by atoms with Gasteiger partial charge in [0.15, 0.2) is 0 Å². The van der Waals surface area contributed by atoms with Gasteiger partial charge in [0.05, 0.1) is 11.0 Å². The van der Waals surface area contributed by atoms with Crippen LogP contribution in [0.4, 0.5) is 5.69 Å². The van der Waals surface area contributed by atoms with Crippen LogP contribution in [0.3, 0.4) is 0 Å². The van der Waals surface area contributed by atoms with Gasteiger partial charge in [-0.25, -0.2) is 4.98 Å². The van der Waals surface area contributed by atoms with Crippen LogP contribution in [-0.2, 0) is 11.3 Å². The van der Waals surface area contributed by atoms with Crippen molar-refractivity contribution in [1.82, 2.24) is 9.55 Å². The Balaban J connectivity index is 1.73. The van der Waals surface area contributed by atoms with Gasteiger partial charge in [-0.1, -0.05) is 42.5 Å². The van der Waals surface area contributed by atoms with Crippen LogP contribution in [0.1, 0.15) is 25.1 Å². The topological polar surface area (TPSA) is 38.1 Å². The van der Waals surface area contributed by atoms with E-state index >= 15 is 0 Å². The standard InChI is InChI=1S/C21H21N3O/c1-15(2)13-24-19-11-7-6-10-18(19)22-21(24)16-12-20(25)23(14-16)17-8-4-3-5-9-17/h3-11,16H,1,12-14H2,2H3/t16-/m1/s1. The molecule has 3 aromatic rings. The molecule has 1 aliphatic rings. The first kappa shape index (κ1) is 15.6. The quantitative estimate of drug-likeness (QED) is 0.674. The molecule has 25 heavy (non-hydrogen) atoms. The summed E-state index contributed by atoms with van der Waals surface area (Å²) in [4.78, 5) is 19.3. The van der Waals surface area contributed by atoms with Gasteiger partial charge in [0.1, 0.15) is 5.82 Å². The summed E-state index contributed by atoms with van der Waals surface area (Å²) in [6, 6.07) is 18.0. The second kappa shape index (κ2) is 6.20. The van der Waals surface area contributed by atoms with Crippen molar-refractivity contribution >= 4 is 22.6 Å². The molecule has 4 nitrogen and oxygen atoms in total. The average Bonchev–Trinajstić information content (AvgIpc) is 3.16. The number of allylic oxidation sites excluding steroid dienone is 1.